The van der Waals surface area contributed by atoms with Gasteiger partial charge < -0.3 is 4.90 Å². The van der Waals surface area contributed by atoms with Crippen LogP contribution >= 0.6 is 0 Å². The Bertz CT molecular complexity index is 532. The maximum atomic E-state index is 12.8. The van der Waals surface area contributed by atoms with Crippen molar-refractivity contribution in [2.75, 3.05) is 32.7 Å². The quantitative estimate of drug-likeness (QED) is 0.856. The standard InChI is InChI=1S/C16H19F3N2O/c17-16(18,19)12-20-8-10-21(11-9-20)14(22)15(6-7-15)13-4-2-1-3-5-13/h1-5H,6-12H2. The highest BCUT2D eigenvalue weighted by atomic mass is 19.4. The maximum Gasteiger partial charge on any atom is 0.401 e. The van der Waals surface area contributed by atoms with Crippen molar-refractivity contribution in [3.8, 4) is 0 Å². The summed E-state index contributed by atoms with van der Waals surface area (Å²) < 4.78 is 37.2. The number of benzene rings is 1. The predicted octanol–water partition coefficient (Wildman–Crippen LogP) is 2.42. The molecule has 2 aliphatic rings. The number of halogens is 3. The van der Waals surface area contributed by atoms with Crippen LogP contribution in [0.25, 0.3) is 0 Å². The second-order valence-electron chi connectivity index (χ2n) is 6.13. The van der Waals surface area contributed by atoms with Gasteiger partial charge in [-0.3, -0.25) is 9.69 Å². The van der Waals surface area contributed by atoms with E-state index < -0.39 is 18.1 Å². The van der Waals surface area contributed by atoms with Crippen LogP contribution in [0.2, 0.25) is 0 Å². The Balaban J connectivity index is 1.61. The van der Waals surface area contributed by atoms with Crippen molar-refractivity contribution in [1.29, 1.82) is 0 Å². The van der Waals surface area contributed by atoms with Gasteiger partial charge in [-0.1, -0.05) is 30.3 Å². The molecule has 120 valence electrons. The molecule has 0 bridgehead atoms. The lowest BCUT2D eigenvalue weighted by molar-refractivity contribution is -0.152. The summed E-state index contributed by atoms with van der Waals surface area (Å²) in [5.41, 5.74) is 0.603. The number of amides is 1. The maximum absolute atomic E-state index is 12.8. The van der Waals surface area contributed by atoms with E-state index in [9.17, 15) is 18.0 Å². The van der Waals surface area contributed by atoms with E-state index in [0.29, 0.717) is 13.1 Å². The SMILES string of the molecule is O=C(N1CCN(CC(F)(F)F)CC1)C1(c2ccccc2)CC1. The van der Waals surface area contributed by atoms with Crippen LogP contribution < -0.4 is 0 Å². The second kappa shape index (κ2) is 5.57. The fourth-order valence-electron chi connectivity index (χ4n) is 3.17. The first-order valence-corrected chi connectivity index (χ1v) is 7.55. The van der Waals surface area contributed by atoms with Gasteiger partial charge in [0.15, 0.2) is 0 Å². The smallest absolute Gasteiger partial charge is 0.339 e. The molecule has 0 unspecified atom stereocenters. The number of carbonyl (C=O) groups excluding carboxylic acids is 1. The summed E-state index contributed by atoms with van der Waals surface area (Å²) in [5.74, 6) is 0.0744. The summed E-state index contributed by atoms with van der Waals surface area (Å²) in [4.78, 5) is 15.9. The van der Waals surface area contributed by atoms with E-state index in [1.54, 1.807) is 4.90 Å². The Morgan fingerprint density at radius 1 is 1.05 bits per heavy atom. The molecule has 1 heterocycles. The van der Waals surface area contributed by atoms with E-state index in [1.807, 2.05) is 30.3 Å². The molecule has 2 fully saturated rings. The summed E-state index contributed by atoms with van der Waals surface area (Å²) >= 11 is 0. The molecular formula is C16H19F3N2O. The molecule has 0 N–H and O–H groups in total. The largest absolute Gasteiger partial charge is 0.401 e. The molecule has 3 rings (SSSR count). The first-order chi connectivity index (χ1) is 10.4. The molecule has 0 aromatic heterocycles. The molecule has 1 aliphatic carbocycles. The number of hydrogen-bond donors (Lipinski definition) is 0. The molecular weight excluding hydrogens is 293 g/mol. The lowest BCUT2D eigenvalue weighted by Gasteiger charge is -2.36. The van der Waals surface area contributed by atoms with Crippen LogP contribution in [-0.4, -0.2) is 54.6 Å². The van der Waals surface area contributed by atoms with Gasteiger partial charge in [-0.15, -0.1) is 0 Å². The third kappa shape index (κ3) is 3.11. The summed E-state index contributed by atoms with van der Waals surface area (Å²) in [6.07, 6.45) is -2.51. The van der Waals surface area contributed by atoms with E-state index in [-0.39, 0.29) is 19.0 Å². The number of nitrogens with zero attached hydrogens (tertiary/aromatic N) is 2. The number of hydrogen-bond acceptors (Lipinski definition) is 2. The molecule has 1 saturated heterocycles. The van der Waals surface area contributed by atoms with E-state index in [0.717, 1.165) is 18.4 Å². The van der Waals surface area contributed by atoms with Crippen molar-refractivity contribution in [1.82, 2.24) is 9.80 Å². The minimum atomic E-state index is -4.17. The highest BCUT2D eigenvalue weighted by molar-refractivity contribution is 5.91. The van der Waals surface area contributed by atoms with Crippen LogP contribution in [0.5, 0.6) is 0 Å². The molecule has 1 aromatic carbocycles. The normalized spacial score (nSPS) is 21.7. The van der Waals surface area contributed by atoms with Gasteiger partial charge in [0.1, 0.15) is 0 Å². The van der Waals surface area contributed by atoms with Gasteiger partial charge in [0.25, 0.3) is 0 Å². The lowest BCUT2D eigenvalue weighted by atomic mass is 9.94. The average molecular weight is 312 g/mol. The zero-order valence-corrected chi connectivity index (χ0v) is 12.3. The van der Waals surface area contributed by atoms with E-state index >= 15 is 0 Å². The van der Waals surface area contributed by atoms with Crippen LogP contribution in [0.15, 0.2) is 30.3 Å². The number of carbonyl (C=O) groups is 1. The van der Waals surface area contributed by atoms with Crippen LogP contribution in [0.1, 0.15) is 18.4 Å². The van der Waals surface area contributed by atoms with Crippen molar-refractivity contribution in [3.05, 3.63) is 35.9 Å². The highest BCUT2D eigenvalue weighted by Crippen LogP contribution is 2.49. The summed E-state index contributed by atoms with van der Waals surface area (Å²) in [6.45, 7) is 0.443. The number of rotatable bonds is 3. The minimum absolute atomic E-state index is 0.0744. The Morgan fingerprint density at radius 3 is 2.14 bits per heavy atom. The molecule has 6 heteroatoms. The molecule has 1 aromatic rings. The predicted molar refractivity (Wildman–Crippen MR) is 76.4 cm³/mol. The lowest BCUT2D eigenvalue weighted by Crippen LogP contribution is -2.53. The van der Waals surface area contributed by atoms with Gasteiger partial charge in [-0.2, -0.15) is 13.2 Å². The van der Waals surface area contributed by atoms with Gasteiger partial charge in [0, 0.05) is 26.2 Å². The first kappa shape index (κ1) is 15.3. The van der Waals surface area contributed by atoms with E-state index in [2.05, 4.69) is 0 Å². The van der Waals surface area contributed by atoms with Gasteiger partial charge in [-0.05, 0) is 18.4 Å². The van der Waals surface area contributed by atoms with Crippen LogP contribution in [0.4, 0.5) is 13.2 Å². The van der Waals surface area contributed by atoms with Crippen molar-refractivity contribution in [2.24, 2.45) is 0 Å². The third-order valence-electron chi connectivity index (χ3n) is 4.55. The van der Waals surface area contributed by atoms with Gasteiger partial charge in [0.2, 0.25) is 5.91 Å². The summed E-state index contributed by atoms with van der Waals surface area (Å²) in [7, 11) is 0. The number of alkyl halides is 3. The van der Waals surface area contributed by atoms with Crippen LogP contribution in [0, 0.1) is 0 Å². The Hall–Kier alpha value is -1.56. The Labute approximate surface area is 127 Å². The Morgan fingerprint density at radius 2 is 1.64 bits per heavy atom. The minimum Gasteiger partial charge on any atom is -0.339 e. The second-order valence-corrected chi connectivity index (χ2v) is 6.13. The molecule has 1 aliphatic heterocycles. The van der Waals surface area contributed by atoms with Gasteiger partial charge >= 0.3 is 6.18 Å². The van der Waals surface area contributed by atoms with Crippen molar-refractivity contribution < 1.29 is 18.0 Å². The van der Waals surface area contributed by atoms with Crippen LogP contribution in [0.3, 0.4) is 0 Å². The molecule has 1 saturated carbocycles. The monoisotopic (exact) mass is 312 g/mol. The molecule has 3 nitrogen and oxygen atoms in total. The first-order valence-electron chi connectivity index (χ1n) is 7.55. The Kier molecular flexibility index (Phi) is 3.89. The average Bonchev–Trinajstić information content (AvgIpc) is 3.28. The summed E-state index contributed by atoms with van der Waals surface area (Å²) in [5, 5.41) is 0. The highest BCUT2D eigenvalue weighted by Gasteiger charge is 2.53. The molecule has 1 amide bonds. The van der Waals surface area contributed by atoms with Crippen molar-refractivity contribution >= 4 is 5.91 Å². The van der Waals surface area contributed by atoms with Gasteiger partial charge in [-0.25, -0.2) is 0 Å². The van der Waals surface area contributed by atoms with E-state index in [1.165, 1.54) is 4.90 Å². The van der Waals surface area contributed by atoms with E-state index in [4.69, 9.17) is 0 Å². The fraction of sp³-hybridized carbons (Fsp3) is 0.562. The molecule has 22 heavy (non-hydrogen) atoms. The molecule has 0 spiro atoms. The van der Waals surface area contributed by atoms with Crippen molar-refractivity contribution in [2.45, 2.75) is 24.4 Å². The summed E-state index contributed by atoms with van der Waals surface area (Å²) in [6, 6.07) is 9.68. The fourth-order valence-corrected chi connectivity index (χ4v) is 3.17. The topological polar surface area (TPSA) is 23.6 Å². The van der Waals surface area contributed by atoms with Crippen molar-refractivity contribution in [3.63, 3.8) is 0 Å². The zero-order valence-electron chi connectivity index (χ0n) is 12.3. The van der Waals surface area contributed by atoms with Gasteiger partial charge in [0.05, 0.1) is 12.0 Å². The number of piperazine rings is 1. The van der Waals surface area contributed by atoms with Crippen LogP contribution in [-0.2, 0) is 10.2 Å². The zero-order chi connectivity index (χ0) is 15.8. The third-order valence-corrected chi connectivity index (χ3v) is 4.55. The molecule has 0 radical (unpaired) electrons. The molecule has 0 atom stereocenters.